The first kappa shape index (κ1) is 13.8. The molecule has 114 valence electrons. The summed E-state index contributed by atoms with van der Waals surface area (Å²) in [4.78, 5) is 0. The molecule has 0 spiro atoms. The molecule has 0 amide bonds. The fourth-order valence-electron chi connectivity index (χ4n) is 3.73. The Morgan fingerprint density at radius 1 is 0.955 bits per heavy atom. The summed E-state index contributed by atoms with van der Waals surface area (Å²) in [6.07, 6.45) is 4.49. The highest BCUT2D eigenvalue weighted by Crippen LogP contribution is 2.40. The van der Waals surface area contributed by atoms with E-state index in [1.807, 2.05) is 0 Å². The van der Waals surface area contributed by atoms with Crippen LogP contribution in [0.4, 0.5) is 0 Å². The zero-order valence-corrected chi connectivity index (χ0v) is 13.8. The summed E-state index contributed by atoms with van der Waals surface area (Å²) in [5.41, 5.74) is 6.59. The molecule has 4 rings (SSSR count). The van der Waals surface area contributed by atoms with Crippen molar-refractivity contribution in [2.75, 3.05) is 14.2 Å². The zero-order chi connectivity index (χ0) is 15.3. The van der Waals surface area contributed by atoms with Crippen LogP contribution >= 0.6 is 12.2 Å². The summed E-state index contributed by atoms with van der Waals surface area (Å²) in [5.74, 6) is 1.58. The summed E-state index contributed by atoms with van der Waals surface area (Å²) in [7, 11) is 3.37. The molecule has 2 aromatic rings. The molecule has 2 aliphatic rings. The highest BCUT2D eigenvalue weighted by molar-refractivity contribution is 7.71. The van der Waals surface area contributed by atoms with Crippen LogP contribution in [0, 0.1) is 4.64 Å². The minimum Gasteiger partial charge on any atom is -0.493 e. The van der Waals surface area contributed by atoms with Crippen molar-refractivity contribution in [2.24, 2.45) is 0 Å². The van der Waals surface area contributed by atoms with Gasteiger partial charge in [-0.3, -0.25) is 0 Å². The molecule has 1 aliphatic heterocycles. The Morgan fingerprint density at radius 2 is 1.73 bits per heavy atom. The Bertz CT molecular complexity index is 823. The van der Waals surface area contributed by atoms with Gasteiger partial charge in [0.15, 0.2) is 11.5 Å². The van der Waals surface area contributed by atoms with E-state index in [4.69, 9.17) is 21.7 Å². The number of fused-ring (bicyclic) bond motifs is 4. The first-order valence-corrected chi connectivity index (χ1v) is 8.14. The van der Waals surface area contributed by atoms with Crippen molar-refractivity contribution in [3.63, 3.8) is 0 Å². The van der Waals surface area contributed by atoms with Crippen molar-refractivity contribution < 1.29 is 9.47 Å². The molecule has 0 N–H and O–H groups in total. The predicted octanol–water partition coefficient (Wildman–Crippen LogP) is 3.95. The third-order valence-electron chi connectivity index (χ3n) is 4.86. The maximum Gasteiger partial charge on any atom is 0.161 e. The quantitative estimate of drug-likeness (QED) is 0.784. The number of pyridine rings is 1. The van der Waals surface area contributed by atoms with Crippen LogP contribution in [-0.2, 0) is 25.8 Å². The summed E-state index contributed by atoms with van der Waals surface area (Å²) >= 11 is 5.75. The van der Waals surface area contributed by atoms with Crippen molar-refractivity contribution in [3.05, 3.63) is 39.5 Å². The first-order valence-electron chi connectivity index (χ1n) is 7.74. The lowest BCUT2D eigenvalue weighted by molar-refractivity contribution is 0.354. The van der Waals surface area contributed by atoms with Gasteiger partial charge in [-0.1, -0.05) is 12.2 Å². The summed E-state index contributed by atoms with van der Waals surface area (Å²) < 4.78 is 14.2. The average Bonchev–Trinajstić information content (AvgIpc) is 3.02. The fourth-order valence-corrected chi connectivity index (χ4v) is 4.15. The molecular formula is C18H19NO2S. The van der Waals surface area contributed by atoms with Gasteiger partial charge in [-0.05, 0) is 60.6 Å². The van der Waals surface area contributed by atoms with Gasteiger partial charge >= 0.3 is 0 Å². The zero-order valence-electron chi connectivity index (χ0n) is 12.9. The Labute approximate surface area is 135 Å². The van der Waals surface area contributed by atoms with Gasteiger partial charge in [0.1, 0.15) is 4.64 Å². The van der Waals surface area contributed by atoms with Crippen molar-refractivity contribution in [1.29, 1.82) is 0 Å². The maximum atomic E-state index is 5.75. The molecule has 1 aliphatic carbocycles. The van der Waals surface area contributed by atoms with E-state index in [1.165, 1.54) is 34.4 Å². The molecule has 1 aromatic heterocycles. The minimum atomic E-state index is 0.779. The normalized spacial score (nSPS) is 15.0. The second-order valence-corrected chi connectivity index (χ2v) is 6.34. The van der Waals surface area contributed by atoms with E-state index in [0.29, 0.717) is 0 Å². The molecule has 0 bridgehead atoms. The SMILES string of the molecule is COc1cc2c(cc1OC)-c1cc3c(c(=S)n1CC2)CCC3. The van der Waals surface area contributed by atoms with E-state index >= 15 is 0 Å². The van der Waals surface area contributed by atoms with Gasteiger partial charge in [0.25, 0.3) is 0 Å². The van der Waals surface area contributed by atoms with Crippen LogP contribution in [0.15, 0.2) is 18.2 Å². The van der Waals surface area contributed by atoms with Crippen LogP contribution in [0.1, 0.15) is 23.1 Å². The first-order chi connectivity index (χ1) is 10.7. The lowest BCUT2D eigenvalue weighted by atomic mass is 9.95. The van der Waals surface area contributed by atoms with Crippen LogP contribution in [-0.4, -0.2) is 18.8 Å². The highest BCUT2D eigenvalue weighted by Gasteiger charge is 2.23. The summed E-state index contributed by atoms with van der Waals surface area (Å²) in [5, 5.41) is 0. The largest absolute Gasteiger partial charge is 0.493 e. The number of ether oxygens (including phenoxy) is 2. The standard InChI is InChI=1S/C18H19NO2S/c1-20-16-9-12-6-7-19-15(14(12)10-17(16)21-2)8-11-4-3-5-13(11)18(19)22/h8-10H,3-7H2,1-2H3. The second-order valence-electron chi connectivity index (χ2n) is 5.96. The number of rotatable bonds is 2. The van der Waals surface area contributed by atoms with E-state index in [-0.39, 0.29) is 0 Å². The van der Waals surface area contributed by atoms with Crippen molar-refractivity contribution in [2.45, 2.75) is 32.2 Å². The van der Waals surface area contributed by atoms with E-state index < -0.39 is 0 Å². The van der Waals surface area contributed by atoms with Gasteiger partial charge in [-0.15, -0.1) is 0 Å². The number of aryl methyl sites for hydroxylation is 2. The van der Waals surface area contributed by atoms with Gasteiger partial charge in [0.05, 0.1) is 14.2 Å². The number of hydrogen-bond acceptors (Lipinski definition) is 3. The van der Waals surface area contributed by atoms with Crippen molar-refractivity contribution >= 4 is 12.2 Å². The number of benzene rings is 1. The lowest BCUT2D eigenvalue weighted by Gasteiger charge is -2.25. The molecule has 0 radical (unpaired) electrons. The lowest BCUT2D eigenvalue weighted by Crippen LogP contribution is -2.15. The Hall–Kier alpha value is -1.81. The van der Waals surface area contributed by atoms with Crippen LogP contribution in [0.2, 0.25) is 0 Å². The van der Waals surface area contributed by atoms with Crippen LogP contribution in [0.5, 0.6) is 11.5 Å². The number of nitrogens with zero attached hydrogens (tertiary/aromatic N) is 1. The van der Waals surface area contributed by atoms with E-state index in [2.05, 4.69) is 22.8 Å². The third kappa shape index (κ3) is 1.90. The number of aromatic nitrogens is 1. The molecule has 0 atom stereocenters. The molecule has 2 heterocycles. The molecule has 1 aromatic carbocycles. The molecule has 0 saturated carbocycles. The monoisotopic (exact) mass is 313 g/mol. The van der Waals surface area contributed by atoms with Crippen LogP contribution in [0.25, 0.3) is 11.3 Å². The smallest absolute Gasteiger partial charge is 0.161 e. The van der Waals surface area contributed by atoms with Gasteiger partial charge in [0.2, 0.25) is 0 Å². The van der Waals surface area contributed by atoms with Crippen LogP contribution < -0.4 is 9.47 Å². The van der Waals surface area contributed by atoms with Gasteiger partial charge in [-0.2, -0.15) is 0 Å². The molecule has 0 fully saturated rings. The van der Waals surface area contributed by atoms with E-state index in [0.717, 1.165) is 41.9 Å². The molecule has 4 heteroatoms. The minimum absolute atomic E-state index is 0.779. The Balaban J connectivity index is 1.98. The molecule has 3 nitrogen and oxygen atoms in total. The Kier molecular flexibility index (Phi) is 3.22. The summed E-state index contributed by atoms with van der Waals surface area (Å²) in [6.45, 7) is 0.948. The van der Waals surface area contributed by atoms with E-state index in [9.17, 15) is 0 Å². The fraction of sp³-hybridized carbons (Fsp3) is 0.389. The predicted molar refractivity (Wildman–Crippen MR) is 89.5 cm³/mol. The average molecular weight is 313 g/mol. The van der Waals surface area contributed by atoms with Crippen molar-refractivity contribution in [3.8, 4) is 22.8 Å². The van der Waals surface area contributed by atoms with Gasteiger partial charge < -0.3 is 14.0 Å². The maximum absolute atomic E-state index is 5.75. The van der Waals surface area contributed by atoms with Gasteiger partial charge in [-0.25, -0.2) is 0 Å². The van der Waals surface area contributed by atoms with E-state index in [1.54, 1.807) is 14.2 Å². The third-order valence-corrected chi connectivity index (χ3v) is 5.32. The highest BCUT2D eigenvalue weighted by atomic mass is 32.1. The Morgan fingerprint density at radius 3 is 2.50 bits per heavy atom. The van der Waals surface area contributed by atoms with Crippen LogP contribution in [0.3, 0.4) is 0 Å². The molecular weight excluding hydrogens is 294 g/mol. The summed E-state index contributed by atoms with van der Waals surface area (Å²) in [6, 6.07) is 6.53. The van der Waals surface area contributed by atoms with Crippen molar-refractivity contribution in [1.82, 2.24) is 4.57 Å². The molecule has 0 saturated heterocycles. The van der Waals surface area contributed by atoms with Gasteiger partial charge in [0, 0.05) is 17.8 Å². The second kappa shape index (κ2) is 5.13. The molecule has 0 unspecified atom stereocenters. The topological polar surface area (TPSA) is 23.4 Å². The number of methoxy groups -OCH3 is 2. The number of hydrogen-bond donors (Lipinski definition) is 0. The molecule has 22 heavy (non-hydrogen) atoms.